The second kappa shape index (κ2) is 12.1. The van der Waals surface area contributed by atoms with Crippen LogP contribution in [0.2, 0.25) is 0 Å². The normalized spacial score (nSPS) is 15.0. The van der Waals surface area contributed by atoms with E-state index in [1.54, 1.807) is 11.1 Å². The van der Waals surface area contributed by atoms with Crippen LogP contribution in [0.4, 0.5) is 0 Å². The molecule has 2 aliphatic carbocycles. The van der Waals surface area contributed by atoms with E-state index in [2.05, 4.69) is 113 Å². The van der Waals surface area contributed by atoms with Crippen molar-refractivity contribution in [2.75, 3.05) is 0 Å². The van der Waals surface area contributed by atoms with Crippen molar-refractivity contribution in [2.24, 2.45) is 0 Å². The number of fused-ring (bicyclic) bond motifs is 6. The molecule has 0 aliphatic heterocycles. The van der Waals surface area contributed by atoms with E-state index < -0.39 is 0 Å². The quantitative estimate of drug-likeness (QED) is 0.143. The van der Waals surface area contributed by atoms with Gasteiger partial charge in [0.15, 0.2) is 0 Å². The van der Waals surface area contributed by atoms with Gasteiger partial charge in [0, 0.05) is 5.41 Å². The van der Waals surface area contributed by atoms with Gasteiger partial charge in [0.1, 0.15) is 0 Å². The van der Waals surface area contributed by atoms with E-state index in [0.717, 1.165) is 0 Å². The molecular weight excluding hydrogens is 504 g/mol. The van der Waals surface area contributed by atoms with Crippen LogP contribution in [0.15, 0.2) is 78.9 Å². The van der Waals surface area contributed by atoms with Crippen LogP contribution in [0.3, 0.4) is 0 Å². The molecule has 0 saturated heterocycles. The Hall–Kier alpha value is -3.38. The van der Waals surface area contributed by atoms with E-state index in [1.165, 1.54) is 125 Å². The molecule has 0 nitrogen and oxygen atoms in total. The lowest BCUT2D eigenvalue weighted by atomic mass is 9.70. The third-order valence-corrected chi connectivity index (χ3v) is 10.1. The zero-order valence-corrected chi connectivity index (χ0v) is 26.6. The zero-order valence-electron chi connectivity index (χ0n) is 26.6. The monoisotopic (exact) mass is 552 g/mol. The maximum Gasteiger partial charge on any atom is 0.0215 e. The molecular formula is C42H48. The van der Waals surface area contributed by atoms with Gasteiger partial charge in [-0.1, -0.05) is 143 Å². The van der Waals surface area contributed by atoms with Gasteiger partial charge in [-0.2, -0.15) is 0 Å². The summed E-state index contributed by atoms with van der Waals surface area (Å²) in [6, 6.07) is 28.8. The highest BCUT2D eigenvalue weighted by Gasteiger charge is 2.42. The summed E-state index contributed by atoms with van der Waals surface area (Å²) in [6.07, 6.45) is 15.3. The van der Waals surface area contributed by atoms with Gasteiger partial charge < -0.3 is 0 Å². The first-order valence-electron chi connectivity index (χ1n) is 16.7. The first-order chi connectivity index (χ1) is 20.5. The second-order valence-corrected chi connectivity index (χ2v) is 13.0. The van der Waals surface area contributed by atoms with Gasteiger partial charge in [-0.05, 0) is 107 Å². The van der Waals surface area contributed by atoms with Crippen LogP contribution in [0.5, 0.6) is 0 Å². The van der Waals surface area contributed by atoms with Crippen molar-refractivity contribution in [3.63, 3.8) is 0 Å². The molecule has 0 bridgehead atoms. The number of aryl methyl sites for hydroxylation is 2. The van der Waals surface area contributed by atoms with Crippen molar-refractivity contribution in [1.82, 2.24) is 0 Å². The molecule has 6 rings (SSSR count). The van der Waals surface area contributed by atoms with Crippen molar-refractivity contribution >= 4 is 5.57 Å². The molecule has 4 aromatic carbocycles. The van der Waals surface area contributed by atoms with Crippen LogP contribution in [0.25, 0.3) is 39.0 Å². The summed E-state index contributed by atoms with van der Waals surface area (Å²) in [5.74, 6) is 0. The van der Waals surface area contributed by atoms with Crippen molar-refractivity contribution in [3.8, 4) is 33.4 Å². The van der Waals surface area contributed by atoms with Gasteiger partial charge in [-0.25, -0.2) is 0 Å². The lowest BCUT2D eigenvalue weighted by Gasteiger charge is -2.33. The third-order valence-electron chi connectivity index (χ3n) is 10.1. The minimum absolute atomic E-state index is 0.118. The van der Waals surface area contributed by atoms with Gasteiger partial charge in [0.05, 0.1) is 0 Å². The summed E-state index contributed by atoms with van der Waals surface area (Å²) < 4.78 is 0. The van der Waals surface area contributed by atoms with Crippen molar-refractivity contribution in [2.45, 2.75) is 104 Å². The molecule has 0 N–H and O–H groups in total. The molecule has 0 aromatic heterocycles. The summed E-state index contributed by atoms with van der Waals surface area (Å²) in [7, 11) is 0. The van der Waals surface area contributed by atoms with Gasteiger partial charge in [0.2, 0.25) is 0 Å². The smallest absolute Gasteiger partial charge is 0.0215 e. The fraction of sp³-hybridized carbons (Fsp3) is 0.381. The van der Waals surface area contributed by atoms with E-state index in [0.29, 0.717) is 0 Å². The lowest BCUT2D eigenvalue weighted by molar-refractivity contribution is 0.401. The minimum atomic E-state index is 0.118. The topological polar surface area (TPSA) is 0 Å². The van der Waals surface area contributed by atoms with E-state index >= 15 is 0 Å². The standard InChI is InChI=1S/C42H48/c1-6-9-11-13-23-42(24-14-12-10-7-2)40-26-30(5)16-20-36(40)37-22-18-32(28-41(37)42)31-17-21-35-34-19-15-29(4)25-38(34)33(8-3)39(35)27-31/h8,15-22,25-28H,6-7,9-14,23-24H2,1-5H3/b33-8+. The highest BCUT2D eigenvalue weighted by Crippen LogP contribution is 2.55. The van der Waals surface area contributed by atoms with Crippen molar-refractivity contribution < 1.29 is 0 Å². The number of benzene rings is 4. The maximum absolute atomic E-state index is 2.59. The Kier molecular flexibility index (Phi) is 8.26. The fourth-order valence-electron chi connectivity index (χ4n) is 7.91. The Morgan fingerprint density at radius 1 is 0.500 bits per heavy atom. The summed E-state index contributed by atoms with van der Waals surface area (Å²) in [4.78, 5) is 0. The predicted octanol–water partition coefficient (Wildman–Crippen LogP) is 12.6. The van der Waals surface area contributed by atoms with Gasteiger partial charge in [-0.3, -0.25) is 0 Å². The molecule has 0 unspecified atom stereocenters. The molecule has 0 radical (unpaired) electrons. The van der Waals surface area contributed by atoms with Gasteiger partial charge >= 0.3 is 0 Å². The molecule has 4 aromatic rings. The molecule has 0 amide bonds. The lowest BCUT2D eigenvalue weighted by Crippen LogP contribution is -2.25. The average Bonchev–Trinajstić information content (AvgIpc) is 3.45. The molecule has 0 heteroatoms. The van der Waals surface area contributed by atoms with E-state index in [-0.39, 0.29) is 5.41 Å². The number of hydrogen-bond acceptors (Lipinski definition) is 0. The Balaban J connectivity index is 1.45. The summed E-state index contributed by atoms with van der Waals surface area (Å²) in [5.41, 5.74) is 18.5. The molecule has 0 atom stereocenters. The van der Waals surface area contributed by atoms with Crippen LogP contribution >= 0.6 is 0 Å². The predicted molar refractivity (Wildman–Crippen MR) is 183 cm³/mol. The Labute approximate surface area is 254 Å². The summed E-state index contributed by atoms with van der Waals surface area (Å²) >= 11 is 0. The van der Waals surface area contributed by atoms with Gasteiger partial charge in [-0.15, -0.1) is 0 Å². The molecule has 2 aliphatic rings. The highest BCUT2D eigenvalue weighted by atomic mass is 14.4. The third kappa shape index (κ3) is 4.98. The highest BCUT2D eigenvalue weighted by molar-refractivity contribution is 6.02. The Morgan fingerprint density at radius 3 is 1.62 bits per heavy atom. The average molecular weight is 553 g/mol. The second-order valence-electron chi connectivity index (χ2n) is 13.0. The number of unbranched alkanes of at least 4 members (excludes halogenated alkanes) is 6. The van der Waals surface area contributed by atoms with Crippen molar-refractivity contribution in [3.05, 3.63) is 112 Å². The van der Waals surface area contributed by atoms with E-state index in [4.69, 9.17) is 0 Å². The Morgan fingerprint density at radius 2 is 1.00 bits per heavy atom. The van der Waals surface area contributed by atoms with Crippen LogP contribution in [0, 0.1) is 13.8 Å². The Bertz CT molecular complexity index is 1620. The summed E-state index contributed by atoms with van der Waals surface area (Å²) in [6.45, 7) is 11.3. The molecule has 0 fully saturated rings. The summed E-state index contributed by atoms with van der Waals surface area (Å²) in [5, 5.41) is 0. The van der Waals surface area contributed by atoms with Crippen LogP contribution < -0.4 is 0 Å². The fourth-order valence-corrected chi connectivity index (χ4v) is 7.91. The molecule has 0 spiro atoms. The van der Waals surface area contributed by atoms with Crippen LogP contribution in [-0.2, 0) is 5.41 Å². The number of rotatable bonds is 11. The molecule has 42 heavy (non-hydrogen) atoms. The number of hydrogen-bond donors (Lipinski definition) is 0. The van der Waals surface area contributed by atoms with Crippen LogP contribution in [0.1, 0.15) is 118 Å². The SMILES string of the molecule is C/C=C1\c2cc(C)ccc2-c2ccc(-c3ccc4c(c3)C(CCCCCC)(CCCCCC)c3cc(C)ccc3-4)cc21. The largest absolute Gasteiger partial charge is 0.0791 e. The van der Waals surface area contributed by atoms with E-state index in [1.807, 2.05) is 0 Å². The molecule has 0 heterocycles. The minimum Gasteiger partial charge on any atom is -0.0791 e. The molecule has 0 saturated carbocycles. The van der Waals surface area contributed by atoms with Gasteiger partial charge in [0.25, 0.3) is 0 Å². The first-order valence-corrected chi connectivity index (χ1v) is 16.7. The van der Waals surface area contributed by atoms with Crippen molar-refractivity contribution in [1.29, 1.82) is 0 Å². The van der Waals surface area contributed by atoms with E-state index in [9.17, 15) is 0 Å². The number of allylic oxidation sites excluding steroid dienone is 1. The van der Waals surface area contributed by atoms with Crippen LogP contribution in [-0.4, -0.2) is 0 Å². The molecule has 216 valence electrons. The zero-order chi connectivity index (χ0) is 29.3. The first kappa shape index (κ1) is 28.7. The maximum atomic E-state index is 2.59.